The fourth-order valence-corrected chi connectivity index (χ4v) is 3.65. The average Bonchev–Trinajstić information content (AvgIpc) is 2.86. The first-order valence-corrected chi connectivity index (χ1v) is 11.7. The monoisotopic (exact) mass is 457 g/mol. The molecule has 0 saturated carbocycles. The molecule has 176 valence electrons. The van der Waals surface area contributed by atoms with Crippen LogP contribution in [0.3, 0.4) is 0 Å². The van der Waals surface area contributed by atoms with E-state index in [1.807, 2.05) is 91.0 Å². The van der Waals surface area contributed by atoms with Gasteiger partial charge in [-0.3, -0.25) is 19.3 Å². The van der Waals surface area contributed by atoms with Crippen LogP contribution in [0.4, 0.5) is 0 Å². The number of benzene rings is 3. The van der Waals surface area contributed by atoms with Crippen molar-refractivity contribution in [2.75, 3.05) is 6.54 Å². The molecule has 0 fully saturated rings. The molecule has 0 heterocycles. The third-order valence-electron chi connectivity index (χ3n) is 5.50. The van der Waals surface area contributed by atoms with Gasteiger partial charge in [-0.15, -0.1) is 0 Å². The maximum atomic E-state index is 13.0. The number of hydrogen-bond donors (Lipinski definition) is 0. The first kappa shape index (κ1) is 24.9. The van der Waals surface area contributed by atoms with Gasteiger partial charge in [0, 0.05) is 13.0 Å². The molecular formula is C29H31NO4. The fourth-order valence-electron chi connectivity index (χ4n) is 3.65. The van der Waals surface area contributed by atoms with Crippen molar-refractivity contribution in [1.29, 1.82) is 0 Å². The van der Waals surface area contributed by atoms with Crippen LogP contribution in [0.5, 0.6) is 0 Å². The van der Waals surface area contributed by atoms with Gasteiger partial charge in [0.05, 0.1) is 12.8 Å². The average molecular weight is 458 g/mol. The molecule has 3 aromatic carbocycles. The molecule has 0 aromatic heterocycles. The van der Waals surface area contributed by atoms with Crippen molar-refractivity contribution < 1.29 is 19.1 Å². The van der Waals surface area contributed by atoms with Gasteiger partial charge in [-0.2, -0.15) is 0 Å². The van der Waals surface area contributed by atoms with Gasteiger partial charge in [0.2, 0.25) is 11.8 Å². The molecule has 0 aliphatic heterocycles. The van der Waals surface area contributed by atoms with Crippen LogP contribution in [-0.2, 0) is 38.6 Å². The van der Waals surface area contributed by atoms with Gasteiger partial charge >= 0.3 is 5.97 Å². The molecule has 0 aliphatic rings. The Kier molecular flexibility index (Phi) is 10.1. The number of carbonyl (C=O) groups excluding carboxylic acids is 3. The van der Waals surface area contributed by atoms with Crippen LogP contribution in [0, 0.1) is 0 Å². The number of hydrogen-bond acceptors (Lipinski definition) is 4. The highest BCUT2D eigenvalue weighted by Crippen LogP contribution is 2.11. The van der Waals surface area contributed by atoms with E-state index >= 15 is 0 Å². The Bertz CT molecular complexity index is 982. The van der Waals surface area contributed by atoms with Crippen molar-refractivity contribution in [3.8, 4) is 0 Å². The SMILES string of the molecule is O=C(CCCCCN(C(=O)Cc1ccccc1)C(=O)Cc1ccccc1)OCc1ccccc1. The molecule has 0 N–H and O–H groups in total. The van der Waals surface area contributed by atoms with Crippen LogP contribution in [0.2, 0.25) is 0 Å². The Labute approximate surface area is 201 Å². The van der Waals surface area contributed by atoms with Gasteiger partial charge in [-0.05, 0) is 29.5 Å². The minimum atomic E-state index is -0.235. The van der Waals surface area contributed by atoms with Gasteiger partial charge in [0.25, 0.3) is 0 Å². The minimum absolute atomic E-state index is 0.188. The summed E-state index contributed by atoms with van der Waals surface area (Å²) in [5, 5.41) is 0. The van der Waals surface area contributed by atoms with Crippen molar-refractivity contribution in [3.05, 3.63) is 108 Å². The van der Waals surface area contributed by atoms with Gasteiger partial charge in [0.15, 0.2) is 0 Å². The molecule has 0 bridgehead atoms. The van der Waals surface area contributed by atoms with Crippen LogP contribution in [0.15, 0.2) is 91.0 Å². The van der Waals surface area contributed by atoms with Gasteiger partial charge in [0.1, 0.15) is 6.61 Å². The van der Waals surface area contributed by atoms with Crippen LogP contribution < -0.4 is 0 Å². The van der Waals surface area contributed by atoms with E-state index in [0.717, 1.165) is 23.1 Å². The van der Waals surface area contributed by atoms with Crippen molar-refractivity contribution in [3.63, 3.8) is 0 Å². The smallest absolute Gasteiger partial charge is 0.306 e. The number of amides is 2. The first-order valence-electron chi connectivity index (χ1n) is 11.7. The molecule has 34 heavy (non-hydrogen) atoms. The molecule has 3 rings (SSSR count). The Balaban J connectivity index is 1.47. The summed E-state index contributed by atoms with van der Waals surface area (Å²) in [6.07, 6.45) is 2.73. The molecule has 0 aliphatic carbocycles. The van der Waals surface area contributed by atoms with Crippen LogP contribution in [0.1, 0.15) is 42.4 Å². The summed E-state index contributed by atoms with van der Waals surface area (Å²) < 4.78 is 5.31. The predicted octanol–water partition coefficient (Wildman–Crippen LogP) is 5.13. The van der Waals surface area contributed by atoms with Crippen LogP contribution in [-0.4, -0.2) is 29.2 Å². The minimum Gasteiger partial charge on any atom is -0.461 e. The Hall–Kier alpha value is -3.73. The maximum absolute atomic E-state index is 13.0. The van der Waals surface area contributed by atoms with Crippen molar-refractivity contribution >= 4 is 17.8 Å². The quantitative estimate of drug-likeness (QED) is 0.279. The van der Waals surface area contributed by atoms with E-state index in [1.165, 1.54) is 4.90 Å². The highest BCUT2D eigenvalue weighted by Gasteiger charge is 2.21. The zero-order chi connectivity index (χ0) is 24.0. The highest BCUT2D eigenvalue weighted by atomic mass is 16.5. The lowest BCUT2D eigenvalue weighted by molar-refractivity contribution is -0.146. The number of nitrogens with zero attached hydrogens (tertiary/aromatic N) is 1. The molecule has 0 saturated heterocycles. The maximum Gasteiger partial charge on any atom is 0.306 e. The summed E-state index contributed by atoms with van der Waals surface area (Å²) in [5.41, 5.74) is 2.72. The van der Waals surface area contributed by atoms with Gasteiger partial charge < -0.3 is 4.74 Å². The fraction of sp³-hybridized carbons (Fsp3) is 0.276. The van der Waals surface area contributed by atoms with Crippen molar-refractivity contribution in [2.45, 2.75) is 45.1 Å². The van der Waals surface area contributed by atoms with E-state index < -0.39 is 0 Å². The zero-order valence-corrected chi connectivity index (χ0v) is 19.4. The molecule has 5 heteroatoms. The lowest BCUT2D eigenvalue weighted by Crippen LogP contribution is -2.39. The number of carbonyl (C=O) groups is 3. The lowest BCUT2D eigenvalue weighted by Gasteiger charge is -2.21. The summed E-state index contributed by atoms with van der Waals surface area (Å²) in [6.45, 7) is 0.617. The summed E-state index contributed by atoms with van der Waals surface area (Å²) in [6, 6.07) is 28.5. The van der Waals surface area contributed by atoms with E-state index in [4.69, 9.17) is 4.74 Å². The molecular weight excluding hydrogens is 426 g/mol. The molecule has 0 radical (unpaired) electrons. The standard InChI is InChI=1S/C29H31NO4/c31-27(21-24-13-5-1-6-14-24)30(28(32)22-25-15-7-2-8-16-25)20-12-4-11-19-29(33)34-23-26-17-9-3-10-18-26/h1-3,5-10,13-18H,4,11-12,19-23H2. The lowest BCUT2D eigenvalue weighted by atomic mass is 10.1. The summed E-state index contributed by atoms with van der Waals surface area (Å²) in [7, 11) is 0. The summed E-state index contributed by atoms with van der Waals surface area (Å²) >= 11 is 0. The molecule has 0 unspecified atom stereocenters. The van der Waals surface area contributed by atoms with E-state index in [-0.39, 0.29) is 37.2 Å². The number of ether oxygens (including phenoxy) is 1. The number of rotatable bonds is 12. The van der Waals surface area contributed by atoms with Crippen molar-refractivity contribution in [1.82, 2.24) is 4.90 Å². The predicted molar refractivity (Wildman–Crippen MR) is 132 cm³/mol. The second-order valence-corrected chi connectivity index (χ2v) is 8.22. The van der Waals surface area contributed by atoms with E-state index in [1.54, 1.807) is 0 Å². The normalized spacial score (nSPS) is 10.5. The highest BCUT2D eigenvalue weighted by molar-refractivity contribution is 5.97. The van der Waals surface area contributed by atoms with Gasteiger partial charge in [-0.25, -0.2) is 0 Å². The zero-order valence-electron chi connectivity index (χ0n) is 19.4. The van der Waals surface area contributed by atoms with Gasteiger partial charge in [-0.1, -0.05) is 97.4 Å². The van der Waals surface area contributed by atoms with Crippen LogP contribution in [0.25, 0.3) is 0 Å². The summed E-state index contributed by atoms with van der Waals surface area (Å²) in [5.74, 6) is -0.634. The molecule has 2 amide bonds. The number of unbranched alkanes of at least 4 members (excludes halogenated alkanes) is 2. The van der Waals surface area contributed by atoms with Crippen LogP contribution >= 0.6 is 0 Å². The number of imide groups is 1. The number of esters is 1. The second-order valence-electron chi connectivity index (χ2n) is 8.22. The van der Waals surface area contributed by atoms with E-state index in [9.17, 15) is 14.4 Å². The Morgan fingerprint density at radius 3 is 1.56 bits per heavy atom. The molecule has 0 atom stereocenters. The third kappa shape index (κ3) is 8.66. The Morgan fingerprint density at radius 2 is 1.06 bits per heavy atom. The molecule has 5 nitrogen and oxygen atoms in total. The third-order valence-corrected chi connectivity index (χ3v) is 5.50. The molecule has 3 aromatic rings. The first-order chi connectivity index (χ1) is 16.6. The Morgan fingerprint density at radius 1 is 0.588 bits per heavy atom. The topological polar surface area (TPSA) is 63.7 Å². The van der Waals surface area contributed by atoms with Crippen molar-refractivity contribution in [2.24, 2.45) is 0 Å². The largest absolute Gasteiger partial charge is 0.461 e. The molecule has 0 spiro atoms. The summed E-state index contributed by atoms with van der Waals surface area (Å²) in [4.78, 5) is 39.3. The van der Waals surface area contributed by atoms with E-state index in [0.29, 0.717) is 25.8 Å². The second kappa shape index (κ2) is 13.7. The van der Waals surface area contributed by atoms with E-state index in [2.05, 4.69) is 0 Å².